The molecule has 4 nitrogen and oxygen atoms in total. The van der Waals surface area contributed by atoms with Gasteiger partial charge in [-0.05, 0) is 32.9 Å². The monoisotopic (exact) mass is 192 g/mol. The molecule has 14 heavy (non-hydrogen) atoms. The van der Waals surface area contributed by atoms with Crippen LogP contribution in [-0.4, -0.2) is 16.5 Å². The fraction of sp³-hybridized carbons (Fsp3) is 0.400. The molecule has 1 amide bonds. The highest BCUT2D eigenvalue weighted by Crippen LogP contribution is 2.31. The smallest absolute Gasteiger partial charge is 0.269 e. The molecule has 0 atom stereocenters. The van der Waals surface area contributed by atoms with Crippen LogP contribution in [0.1, 0.15) is 19.5 Å². The molecule has 0 unspecified atom stereocenters. The number of fused-ring (bicyclic) bond motifs is 1. The SMILES string of the molecule is Cc1ccc2c(n1)NC(=O)C(C)(C)O2. The third-order valence-electron chi connectivity index (χ3n) is 2.14. The van der Waals surface area contributed by atoms with Gasteiger partial charge in [0, 0.05) is 5.69 Å². The predicted molar refractivity (Wildman–Crippen MR) is 52.3 cm³/mol. The summed E-state index contributed by atoms with van der Waals surface area (Å²) in [6.45, 7) is 5.32. The van der Waals surface area contributed by atoms with Gasteiger partial charge in [-0.25, -0.2) is 4.98 Å². The molecule has 0 fully saturated rings. The van der Waals surface area contributed by atoms with E-state index in [1.807, 2.05) is 19.1 Å². The highest BCUT2D eigenvalue weighted by molar-refractivity contribution is 5.99. The number of aromatic nitrogens is 1. The summed E-state index contributed by atoms with van der Waals surface area (Å²) in [6.07, 6.45) is 0. The van der Waals surface area contributed by atoms with Crippen LogP contribution in [0, 0.1) is 6.92 Å². The molecule has 0 saturated carbocycles. The van der Waals surface area contributed by atoms with Crippen molar-refractivity contribution >= 4 is 11.7 Å². The summed E-state index contributed by atoms with van der Waals surface area (Å²) in [7, 11) is 0. The quantitative estimate of drug-likeness (QED) is 0.677. The van der Waals surface area contributed by atoms with Crippen LogP contribution in [0.25, 0.3) is 0 Å². The first-order valence-corrected chi connectivity index (χ1v) is 4.47. The number of carbonyl (C=O) groups is 1. The Morgan fingerprint density at radius 2 is 2.14 bits per heavy atom. The van der Waals surface area contributed by atoms with Gasteiger partial charge in [-0.15, -0.1) is 0 Å². The second kappa shape index (κ2) is 2.70. The first-order chi connectivity index (χ1) is 6.49. The van der Waals surface area contributed by atoms with Gasteiger partial charge in [0.2, 0.25) is 0 Å². The number of nitrogens with zero attached hydrogens (tertiary/aromatic N) is 1. The lowest BCUT2D eigenvalue weighted by molar-refractivity contribution is -0.129. The van der Waals surface area contributed by atoms with E-state index in [0.29, 0.717) is 11.6 Å². The van der Waals surface area contributed by atoms with Gasteiger partial charge in [-0.3, -0.25) is 4.79 Å². The molecule has 0 saturated heterocycles. The van der Waals surface area contributed by atoms with E-state index < -0.39 is 5.60 Å². The maximum Gasteiger partial charge on any atom is 0.269 e. The molecule has 1 N–H and O–H groups in total. The molecule has 74 valence electrons. The van der Waals surface area contributed by atoms with Crippen LogP contribution in [0.5, 0.6) is 5.75 Å². The maximum absolute atomic E-state index is 11.5. The van der Waals surface area contributed by atoms with E-state index in [1.165, 1.54) is 0 Å². The molecule has 2 heterocycles. The fourth-order valence-electron chi connectivity index (χ4n) is 1.30. The zero-order valence-corrected chi connectivity index (χ0v) is 8.42. The summed E-state index contributed by atoms with van der Waals surface area (Å²) >= 11 is 0. The summed E-state index contributed by atoms with van der Waals surface area (Å²) in [5.74, 6) is 0.970. The van der Waals surface area contributed by atoms with Gasteiger partial charge < -0.3 is 10.1 Å². The van der Waals surface area contributed by atoms with E-state index in [4.69, 9.17) is 4.74 Å². The molecule has 1 aliphatic heterocycles. The van der Waals surface area contributed by atoms with Gasteiger partial charge in [-0.1, -0.05) is 0 Å². The number of hydrogen-bond acceptors (Lipinski definition) is 3. The Bertz CT molecular complexity index is 399. The summed E-state index contributed by atoms with van der Waals surface area (Å²) in [5.41, 5.74) is 0.0385. The lowest BCUT2D eigenvalue weighted by Gasteiger charge is -2.30. The van der Waals surface area contributed by atoms with Crippen molar-refractivity contribution < 1.29 is 9.53 Å². The molecule has 0 aromatic carbocycles. The molecular weight excluding hydrogens is 180 g/mol. The van der Waals surface area contributed by atoms with E-state index in [0.717, 1.165) is 5.69 Å². The Morgan fingerprint density at radius 3 is 2.86 bits per heavy atom. The van der Waals surface area contributed by atoms with Crippen LogP contribution in [0.4, 0.5) is 5.82 Å². The fourth-order valence-corrected chi connectivity index (χ4v) is 1.30. The second-order valence-corrected chi connectivity index (χ2v) is 3.87. The predicted octanol–water partition coefficient (Wildman–Crippen LogP) is 1.50. The van der Waals surface area contributed by atoms with Gasteiger partial charge in [0.05, 0.1) is 0 Å². The van der Waals surface area contributed by atoms with Crippen LogP contribution in [0.3, 0.4) is 0 Å². The molecule has 0 spiro atoms. The van der Waals surface area contributed by atoms with E-state index in [1.54, 1.807) is 13.8 Å². The minimum absolute atomic E-state index is 0.164. The number of nitrogens with one attached hydrogen (secondary N) is 1. The zero-order valence-electron chi connectivity index (χ0n) is 8.42. The first kappa shape index (κ1) is 8.99. The highest BCUT2D eigenvalue weighted by Gasteiger charge is 2.35. The van der Waals surface area contributed by atoms with Gasteiger partial charge >= 0.3 is 0 Å². The Balaban J connectivity index is 2.46. The largest absolute Gasteiger partial charge is 0.474 e. The molecule has 1 aromatic heterocycles. The van der Waals surface area contributed by atoms with Crippen molar-refractivity contribution in [2.45, 2.75) is 26.4 Å². The molecule has 4 heteroatoms. The van der Waals surface area contributed by atoms with Crippen molar-refractivity contribution in [2.24, 2.45) is 0 Å². The number of anilines is 1. The third-order valence-corrected chi connectivity index (χ3v) is 2.14. The van der Waals surface area contributed by atoms with Crippen molar-refractivity contribution in [2.75, 3.05) is 5.32 Å². The van der Waals surface area contributed by atoms with Crippen molar-refractivity contribution in [3.8, 4) is 5.75 Å². The van der Waals surface area contributed by atoms with E-state index in [2.05, 4.69) is 10.3 Å². The van der Waals surface area contributed by atoms with Gasteiger partial charge in [0.15, 0.2) is 17.2 Å². The Labute approximate surface area is 82.3 Å². The molecular formula is C10H12N2O2. The van der Waals surface area contributed by atoms with Crippen LogP contribution < -0.4 is 10.1 Å². The standard InChI is InChI=1S/C10H12N2O2/c1-6-4-5-7-8(11-6)12-9(13)10(2,3)14-7/h4-5H,1-3H3,(H,11,12,13). The molecule has 1 aliphatic rings. The number of amides is 1. The van der Waals surface area contributed by atoms with Crippen molar-refractivity contribution in [1.29, 1.82) is 0 Å². The minimum atomic E-state index is -0.816. The number of ether oxygens (including phenoxy) is 1. The average molecular weight is 192 g/mol. The Kier molecular flexibility index (Phi) is 1.74. The van der Waals surface area contributed by atoms with Crippen LogP contribution in [-0.2, 0) is 4.79 Å². The van der Waals surface area contributed by atoms with Gasteiger partial charge in [-0.2, -0.15) is 0 Å². The lowest BCUT2D eigenvalue weighted by Crippen LogP contribution is -2.46. The third kappa shape index (κ3) is 1.32. The molecule has 0 bridgehead atoms. The summed E-state index contributed by atoms with van der Waals surface area (Å²) < 4.78 is 5.51. The normalized spacial score (nSPS) is 18.1. The molecule has 0 aliphatic carbocycles. The van der Waals surface area contributed by atoms with Gasteiger partial charge in [0.1, 0.15) is 0 Å². The summed E-state index contributed by atoms with van der Waals surface area (Å²) in [6, 6.07) is 3.67. The summed E-state index contributed by atoms with van der Waals surface area (Å²) in [5, 5.41) is 2.72. The number of aryl methyl sites for hydroxylation is 1. The Morgan fingerprint density at radius 1 is 1.43 bits per heavy atom. The topological polar surface area (TPSA) is 51.2 Å². The molecule has 0 radical (unpaired) electrons. The Hall–Kier alpha value is -1.58. The van der Waals surface area contributed by atoms with Crippen molar-refractivity contribution in [3.63, 3.8) is 0 Å². The van der Waals surface area contributed by atoms with Crippen LogP contribution in [0.15, 0.2) is 12.1 Å². The number of hydrogen-bond donors (Lipinski definition) is 1. The molecule has 2 rings (SSSR count). The van der Waals surface area contributed by atoms with Crippen molar-refractivity contribution in [3.05, 3.63) is 17.8 Å². The molecule has 1 aromatic rings. The second-order valence-electron chi connectivity index (χ2n) is 3.87. The average Bonchev–Trinajstić information content (AvgIpc) is 2.08. The number of rotatable bonds is 0. The zero-order chi connectivity index (χ0) is 10.3. The van der Waals surface area contributed by atoms with E-state index >= 15 is 0 Å². The van der Waals surface area contributed by atoms with E-state index in [9.17, 15) is 4.79 Å². The summed E-state index contributed by atoms with van der Waals surface area (Å²) in [4.78, 5) is 15.7. The van der Waals surface area contributed by atoms with Crippen LogP contribution in [0.2, 0.25) is 0 Å². The van der Waals surface area contributed by atoms with Crippen molar-refractivity contribution in [1.82, 2.24) is 4.98 Å². The minimum Gasteiger partial charge on any atom is -0.474 e. The maximum atomic E-state index is 11.5. The van der Waals surface area contributed by atoms with Gasteiger partial charge in [0.25, 0.3) is 5.91 Å². The number of pyridine rings is 1. The lowest BCUT2D eigenvalue weighted by atomic mass is 10.1. The number of carbonyl (C=O) groups excluding carboxylic acids is 1. The van der Waals surface area contributed by atoms with E-state index in [-0.39, 0.29) is 5.91 Å². The van der Waals surface area contributed by atoms with Crippen LogP contribution >= 0.6 is 0 Å². The highest BCUT2D eigenvalue weighted by atomic mass is 16.5. The first-order valence-electron chi connectivity index (χ1n) is 4.47.